The van der Waals surface area contributed by atoms with E-state index in [-0.39, 0.29) is 6.54 Å². The number of rotatable bonds is 2. The molecule has 5 heteroatoms. The summed E-state index contributed by atoms with van der Waals surface area (Å²) in [4.78, 5) is 22.4. The molecule has 0 aliphatic heterocycles. The van der Waals surface area contributed by atoms with Gasteiger partial charge in [0.15, 0.2) is 0 Å². The molecule has 0 radical (unpaired) electrons. The molecule has 1 heterocycles. The van der Waals surface area contributed by atoms with Crippen LogP contribution in [-0.4, -0.2) is 28.9 Å². The predicted octanol–water partition coefficient (Wildman–Crippen LogP) is 0.631. The maximum Gasteiger partial charge on any atom is 0.394 e. The Hall–Kier alpha value is -1.78. The van der Waals surface area contributed by atoms with Gasteiger partial charge in [-0.25, -0.2) is 4.79 Å². The number of carbonyl (C=O) groups excluding carboxylic acids is 1. The lowest BCUT2D eigenvalue weighted by molar-refractivity contribution is -0.155. The van der Waals surface area contributed by atoms with Crippen LogP contribution in [0.5, 0.6) is 0 Å². The van der Waals surface area contributed by atoms with E-state index in [1.807, 2.05) is 0 Å². The van der Waals surface area contributed by atoms with Gasteiger partial charge in [-0.15, -0.1) is 0 Å². The summed E-state index contributed by atoms with van der Waals surface area (Å²) in [6.45, 7) is 2.00. The van der Waals surface area contributed by atoms with Gasteiger partial charge < -0.3 is 14.4 Å². The van der Waals surface area contributed by atoms with Gasteiger partial charge in [-0.1, -0.05) is 0 Å². The van der Waals surface area contributed by atoms with E-state index in [0.29, 0.717) is 5.76 Å². The van der Waals surface area contributed by atoms with Crippen molar-refractivity contribution < 1.29 is 19.1 Å². The normalized spacial score (nSPS) is 9.86. The molecule has 0 fully saturated rings. The number of nitrogens with zero attached hydrogens (tertiary/aromatic N) is 1. The van der Waals surface area contributed by atoms with E-state index in [1.165, 1.54) is 13.3 Å². The van der Waals surface area contributed by atoms with Crippen LogP contribution in [0.2, 0.25) is 0 Å². The molecule has 0 unspecified atom stereocenters. The highest BCUT2D eigenvalue weighted by molar-refractivity contribution is 6.31. The number of carbonyl (C=O) groups is 2. The Balaban J connectivity index is 2.66. The molecule has 76 valence electrons. The van der Waals surface area contributed by atoms with Crippen molar-refractivity contribution in [3.8, 4) is 0 Å². The summed E-state index contributed by atoms with van der Waals surface area (Å²) < 4.78 is 5.02. The number of carboxylic acids is 1. The molecule has 5 nitrogen and oxygen atoms in total. The van der Waals surface area contributed by atoms with E-state index in [2.05, 4.69) is 0 Å². The Kier molecular flexibility index (Phi) is 2.91. The predicted molar refractivity (Wildman–Crippen MR) is 47.6 cm³/mol. The molecule has 1 aromatic rings. The molecule has 0 bridgehead atoms. The van der Waals surface area contributed by atoms with Crippen LogP contribution in [0.15, 0.2) is 16.7 Å². The van der Waals surface area contributed by atoms with Gasteiger partial charge in [0.25, 0.3) is 0 Å². The summed E-state index contributed by atoms with van der Waals surface area (Å²) in [6, 6.07) is 1.71. The Morgan fingerprint density at radius 1 is 1.57 bits per heavy atom. The van der Waals surface area contributed by atoms with Crippen LogP contribution in [0.25, 0.3) is 0 Å². The molecule has 0 aliphatic rings. The fourth-order valence-corrected chi connectivity index (χ4v) is 1.07. The van der Waals surface area contributed by atoms with Crippen molar-refractivity contribution in [1.82, 2.24) is 4.90 Å². The number of hydrogen-bond acceptors (Lipinski definition) is 3. The van der Waals surface area contributed by atoms with Crippen molar-refractivity contribution in [3.05, 3.63) is 23.7 Å². The smallest absolute Gasteiger partial charge is 0.394 e. The first-order chi connectivity index (χ1) is 6.52. The van der Waals surface area contributed by atoms with Gasteiger partial charge in [-0.3, -0.25) is 4.79 Å². The number of furan rings is 1. The monoisotopic (exact) mass is 197 g/mol. The highest BCUT2D eigenvalue weighted by Crippen LogP contribution is 2.10. The minimum atomic E-state index is -1.45. The molecule has 1 aromatic heterocycles. The summed E-state index contributed by atoms with van der Waals surface area (Å²) in [5.74, 6) is -1.69. The van der Waals surface area contributed by atoms with E-state index in [1.54, 1.807) is 13.0 Å². The van der Waals surface area contributed by atoms with Crippen molar-refractivity contribution in [2.24, 2.45) is 0 Å². The molecular formula is C9H11NO4. The second-order valence-electron chi connectivity index (χ2n) is 2.97. The maximum atomic E-state index is 11.0. The van der Waals surface area contributed by atoms with Crippen LogP contribution in [0.3, 0.4) is 0 Å². The molecule has 0 atom stereocenters. The fraction of sp³-hybridized carbons (Fsp3) is 0.333. The lowest BCUT2D eigenvalue weighted by atomic mass is 10.2. The lowest BCUT2D eigenvalue weighted by Gasteiger charge is -2.13. The number of carboxylic acid groups (broad SMARTS) is 1. The quantitative estimate of drug-likeness (QED) is 0.706. The van der Waals surface area contributed by atoms with Crippen molar-refractivity contribution >= 4 is 11.9 Å². The SMILES string of the molecule is Cc1occc1CN(C)C(=O)C(=O)O. The van der Waals surface area contributed by atoms with Gasteiger partial charge in [0.1, 0.15) is 5.76 Å². The molecule has 1 amide bonds. The summed E-state index contributed by atoms with van der Waals surface area (Å²) in [5, 5.41) is 8.44. The minimum Gasteiger partial charge on any atom is -0.474 e. The molecule has 1 rings (SSSR count). The first kappa shape index (κ1) is 10.3. The van der Waals surface area contributed by atoms with Crippen LogP contribution in [0.1, 0.15) is 11.3 Å². The third kappa shape index (κ3) is 2.12. The Bertz CT molecular complexity index is 355. The summed E-state index contributed by atoms with van der Waals surface area (Å²) in [6.07, 6.45) is 1.50. The molecule has 0 spiro atoms. The Morgan fingerprint density at radius 3 is 2.64 bits per heavy atom. The fourth-order valence-electron chi connectivity index (χ4n) is 1.07. The van der Waals surface area contributed by atoms with E-state index >= 15 is 0 Å². The average molecular weight is 197 g/mol. The topological polar surface area (TPSA) is 70.8 Å². The van der Waals surface area contributed by atoms with Gasteiger partial charge >= 0.3 is 11.9 Å². The summed E-state index contributed by atoms with van der Waals surface area (Å²) in [7, 11) is 1.43. The number of likely N-dealkylation sites (N-methyl/N-ethyl adjacent to an activating group) is 1. The number of aryl methyl sites for hydroxylation is 1. The van der Waals surface area contributed by atoms with Gasteiger partial charge in [0.05, 0.1) is 6.26 Å². The Morgan fingerprint density at radius 2 is 2.21 bits per heavy atom. The lowest BCUT2D eigenvalue weighted by Crippen LogP contribution is -2.32. The molecule has 1 N–H and O–H groups in total. The number of hydrogen-bond donors (Lipinski definition) is 1. The zero-order chi connectivity index (χ0) is 10.7. The van der Waals surface area contributed by atoms with Crippen molar-refractivity contribution in [2.45, 2.75) is 13.5 Å². The van der Waals surface area contributed by atoms with E-state index < -0.39 is 11.9 Å². The second kappa shape index (κ2) is 3.95. The summed E-state index contributed by atoms with van der Waals surface area (Å²) in [5.41, 5.74) is 0.808. The van der Waals surface area contributed by atoms with Crippen LogP contribution < -0.4 is 0 Å². The zero-order valence-electron chi connectivity index (χ0n) is 7.98. The third-order valence-electron chi connectivity index (χ3n) is 1.90. The summed E-state index contributed by atoms with van der Waals surface area (Å²) >= 11 is 0. The highest BCUT2D eigenvalue weighted by Gasteiger charge is 2.18. The van der Waals surface area contributed by atoms with Crippen LogP contribution in [0.4, 0.5) is 0 Å². The molecular weight excluding hydrogens is 186 g/mol. The largest absolute Gasteiger partial charge is 0.474 e. The molecule has 0 aromatic carbocycles. The van der Waals surface area contributed by atoms with Gasteiger partial charge in [0.2, 0.25) is 0 Å². The van der Waals surface area contributed by atoms with E-state index in [4.69, 9.17) is 9.52 Å². The van der Waals surface area contributed by atoms with Gasteiger partial charge in [-0.05, 0) is 13.0 Å². The van der Waals surface area contributed by atoms with Crippen LogP contribution in [0, 0.1) is 6.92 Å². The maximum absolute atomic E-state index is 11.0. The van der Waals surface area contributed by atoms with E-state index in [0.717, 1.165) is 10.5 Å². The van der Waals surface area contributed by atoms with Gasteiger partial charge in [-0.2, -0.15) is 0 Å². The molecule has 0 saturated carbocycles. The van der Waals surface area contributed by atoms with Crippen molar-refractivity contribution in [3.63, 3.8) is 0 Å². The van der Waals surface area contributed by atoms with Crippen LogP contribution >= 0.6 is 0 Å². The molecule has 0 saturated heterocycles. The highest BCUT2D eigenvalue weighted by atomic mass is 16.4. The van der Waals surface area contributed by atoms with Crippen molar-refractivity contribution in [2.75, 3.05) is 7.05 Å². The average Bonchev–Trinajstić information content (AvgIpc) is 2.50. The minimum absolute atomic E-state index is 0.244. The second-order valence-corrected chi connectivity index (χ2v) is 2.97. The number of aliphatic carboxylic acids is 1. The van der Waals surface area contributed by atoms with E-state index in [9.17, 15) is 9.59 Å². The first-order valence-electron chi connectivity index (χ1n) is 4.03. The first-order valence-corrected chi connectivity index (χ1v) is 4.03. The van der Waals surface area contributed by atoms with Gasteiger partial charge in [0, 0.05) is 19.2 Å². The molecule has 14 heavy (non-hydrogen) atoms. The number of amides is 1. The Labute approximate surface area is 80.9 Å². The van der Waals surface area contributed by atoms with Crippen LogP contribution in [-0.2, 0) is 16.1 Å². The third-order valence-corrected chi connectivity index (χ3v) is 1.90. The molecule has 0 aliphatic carbocycles. The zero-order valence-corrected chi connectivity index (χ0v) is 7.98. The standard InChI is InChI=1S/C9H11NO4/c1-6-7(3-4-14-6)5-10(2)8(11)9(12)13/h3-4H,5H2,1-2H3,(H,12,13). The van der Waals surface area contributed by atoms with Crippen molar-refractivity contribution in [1.29, 1.82) is 0 Å².